The van der Waals surface area contributed by atoms with Crippen LogP contribution in [0.1, 0.15) is 25.1 Å². The number of rotatable bonds is 6. The molecule has 4 N–H and O–H groups in total. The Bertz CT molecular complexity index is 864. The van der Waals surface area contributed by atoms with Crippen LogP contribution < -0.4 is 11.1 Å². The van der Waals surface area contributed by atoms with E-state index >= 15 is 0 Å². The highest BCUT2D eigenvalue weighted by Crippen LogP contribution is 2.28. The topological polar surface area (TPSA) is 92.5 Å². The van der Waals surface area contributed by atoms with Gasteiger partial charge in [0.25, 0.3) is 0 Å². The molecule has 0 aliphatic carbocycles. The van der Waals surface area contributed by atoms with Crippen molar-refractivity contribution in [3.63, 3.8) is 0 Å². The molecule has 132 valence electrons. The van der Waals surface area contributed by atoms with E-state index in [1.807, 2.05) is 26.0 Å². The van der Waals surface area contributed by atoms with Crippen LogP contribution in [0.4, 0.5) is 10.2 Å². The third kappa shape index (κ3) is 3.88. The monoisotopic (exact) mass is 362 g/mol. The minimum Gasteiger partial charge on any atom is -0.365 e. The van der Waals surface area contributed by atoms with Crippen molar-refractivity contribution in [1.82, 2.24) is 19.9 Å². The van der Waals surface area contributed by atoms with Gasteiger partial charge >= 0.3 is 0 Å². The molecule has 0 spiro atoms. The molecule has 1 atom stereocenters. The zero-order valence-corrected chi connectivity index (χ0v) is 14.8. The molecule has 0 fully saturated rings. The van der Waals surface area contributed by atoms with Gasteiger partial charge in [-0.25, -0.2) is 4.39 Å². The number of nitrogens with one attached hydrogen (secondary N) is 2. The van der Waals surface area contributed by atoms with Gasteiger partial charge < -0.3 is 16.0 Å². The second kappa shape index (κ2) is 7.33. The summed E-state index contributed by atoms with van der Waals surface area (Å²) in [6.45, 7) is 4.48. The smallest absolute Gasteiger partial charge is 0.226 e. The van der Waals surface area contributed by atoms with E-state index in [2.05, 4.69) is 25.3 Å². The van der Waals surface area contributed by atoms with Crippen molar-refractivity contribution in [3.8, 4) is 0 Å². The summed E-state index contributed by atoms with van der Waals surface area (Å²) in [5.74, 6) is 0.203. The van der Waals surface area contributed by atoms with Crippen LogP contribution in [-0.2, 0) is 13.0 Å². The zero-order valence-electron chi connectivity index (χ0n) is 14.1. The molecule has 25 heavy (non-hydrogen) atoms. The fraction of sp³-hybridized carbons (Fsp3) is 0.353. The Morgan fingerprint density at radius 3 is 2.68 bits per heavy atom. The number of nitrogens with two attached hydrogens (primary N) is 1. The average molecular weight is 363 g/mol. The molecular weight excluding hydrogens is 343 g/mol. The highest BCUT2D eigenvalue weighted by Gasteiger charge is 2.20. The third-order valence-corrected chi connectivity index (χ3v) is 4.31. The first-order valence-electron chi connectivity index (χ1n) is 8.07. The van der Waals surface area contributed by atoms with E-state index in [-0.39, 0.29) is 23.1 Å². The molecule has 3 rings (SSSR count). The number of halogens is 2. The average Bonchev–Trinajstić information content (AvgIpc) is 2.89. The number of fused-ring (bicyclic) bond motifs is 1. The lowest BCUT2D eigenvalue weighted by molar-refractivity contribution is 0.477. The summed E-state index contributed by atoms with van der Waals surface area (Å²) in [5.41, 5.74) is 7.85. The van der Waals surface area contributed by atoms with E-state index in [1.54, 1.807) is 12.4 Å². The van der Waals surface area contributed by atoms with E-state index in [1.165, 1.54) is 0 Å². The van der Waals surface area contributed by atoms with Crippen LogP contribution in [0.5, 0.6) is 0 Å². The van der Waals surface area contributed by atoms with E-state index in [9.17, 15) is 4.39 Å². The minimum absolute atomic E-state index is 0.0469. The molecule has 3 heterocycles. The number of anilines is 1. The highest BCUT2D eigenvalue weighted by atomic mass is 35.5. The van der Waals surface area contributed by atoms with Crippen LogP contribution in [0, 0.1) is 11.7 Å². The molecule has 0 saturated carbocycles. The normalized spacial score (nSPS) is 12.7. The number of aromatic nitrogens is 4. The van der Waals surface area contributed by atoms with Gasteiger partial charge in [0.05, 0.1) is 11.1 Å². The Labute approximate surface area is 150 Å². The Morgan fingerprint density at radius 1 is 1.28 bits per heavy atom. The second-order valence-corrected chi connectivity index (χ2v) is 6.64. The maximum Gasteiger partial charge on any atom is 0.226 e. The van der Waals surface area contributed by atoms with Gasteiger partial charge in [-0.15, -0.1) is 0 Å². The molecule has 0 amide bonds. The summed E-state index contributed by atoms with van der Waals surface area (Å²) in [6, 6.07) is 3.58. The van der Waals surface area contributed by atoms with Crippen LogP contribution in [0.3, 0.4) is 0 Å². The summed E-state index contributed by atoms with van der Waals surface area (Å²) < 4.78 is 14.9. The number of pyridine rings is 1. The van der Waals surface area contributed by atoms with E-state index in [4.69, 9.17) is 17.3 Å². The van der Waals surface area contributed by atoms with E-state index in [0.29, 0.717) is 35.5 Å². The lowest BCUT2D eigenvalue weighted by Crippen LogP contribution is -2.29. The first-order valence-corrected chi connectivity index (χ1v) is 8.45. The molecule has 0 radical (unpaired) electrons. The number of nitrogens with zero attached hydrogens (tertiary/aromatic N) is 3. The second-order valence-electron chi connectivity index (χ2n) is 6.30. The van der Waals surface area contributed by atoms with E-state index in [0.717, 1.165) is 5.56 Å². The Hall–Kier alpha value is -2.25. The van der Waals surface area contributed by atoms with E-state index < -0.39 is 0 Å². The van der Waals surface area contributed by atoms with Crippen LogP contribution in [-0.4, -0.2) is 26.0 Å². The number of hydrogen-bond acceptors (Lipinski definition) is 5. The Balaban J connectivity index is 1.93. The van der Waals surface area contributed by atoms with Crippen molar-refractivity contribution in [3.05, 3.63) is 46.9 Å². The van der Waals surface area contributed by atoms with Crippen molar-refractivity contribution >= 4 is 28.5 Å². The van der Waals surface area contributed by atoms with Gasteiger partial charge in [-0.3, -0.25) is 4.98 Å². The molecule has 0 saturated heterocycles. The zero-order chi connectivity index (χ0) is 18.0. The van der Waals surface area contributed by atoms with Gasteiger partial charge in [0, 0.05) is 31.4 Å². The van der Waals surface area contributed by atoms with Gasteiger partial charge in [0.1, 0.15) is 11.5 Å². The van der Waals surface area contributed by atoms with Gasteiger partial charge in [0.2, 0.25) is 5.28 Å². The largest absolute Gasteiger partial charge is 0.365 e. The fourth-order valence-corrected chi connectivity index (χ4v) is 2.68. The van der Waals surface area contributed by atoms with Crippen molar-refractivity contribution in [2.24, 2.45) is 11.7 Å². The van der Waals surface area contributed by atoms with Crippen molar-refractivity contribution in [1.29, 1.82) is 0 Å². The van der Waals surface area contributed by atoms with Crippen LogP contribution in [0.25, 0.3) is 11.0 Å². The molecule has 3 aromatic rings. The highest BCUT2D eigenvalue weighted by molar-refractivity contribution is 6.28. The summed E-state index contributed by atoms with van der Waals surface area (Å²) in [6.07, 6.45) is 3.78. The number of aromatic amines is 1. The number of H-pyrrole nitrogens is 1. The Morgan fingerprint density at radius 2 is 2.00 bits per heavy atom. The van der Waals surface area contributed by atoms with Crippen LogP contribution in [0.2, 0.25) is 5.28 Å². The lowest BCUT2D eigenvalue weighted by atomic mass is 10.0. The summed E-state index contributed by atoms with van der Waals surface area (Å²) >= 11 is 5.98. The summed E-state index contributed by atoms with van der Waals surface area (Å²) in [5, 5.41) is 3.46. The molecule has 0 aromatic carbocycles. The molecular formula is C17H20ClFN6. The summed E-state index contributed by atoms with van der Waals surface area (Å²) in [7, 11) is 0. The molecule has 8 heteroatoms. The van der Waals surface area contributed by atoms with Crippen LogP contribution >= 0.6 is 11.6 Å². The first-order chi connectivity index (χ1) is 12.0. The molecule has 0 aliphatic rings. The van der Waals surface area contributed by atoms with Crippen molar-refractivity contribution in [2.75, 3.05) is 5.32 Å². The summed E-state index contributed by atoms with van der Waals surface area (Å²) in [4.78, 5) is 15.2. The molecule has 0 aliphatic heterocycles. The van der Waals surface area contributed by atoms with Crippen LogP contribution in [0.15, 0.2) is 24.5 Å². The maximum absolute atomic E-state index is 14.9. The molecule has 1 unspecified atom stereocenters. The quantitative estimate of drug-likeness (QED) is 0.585. The SMILES string of the molecule is CC(C)C(N)Cc1[nH]c2nc(Cl)nc(NCc3ccncc3)c2c1F. The third-order valence-electron chi connectivity index (χ3n) is 4.14. The van der Waals surface area contributed by atoms with Gasteiger partial charge in [-0.1, -0.05) is 13.8 Å². The van der Waals surface area contributed by atoms with Crippen molar-refractivity contribution < 1.29 is 4.39 Å². The predicted octanol–water partition coefficient (Wildman–Crippen LogP) is 3.28. The van der Waals surface area contributed by atoms with Gasteiger partial charge in [-0.05, 0) is 35.2 Å². The first kappa shape index (κ1) is 17.6. The Kier molecular flexibility index (Phi) is 5.15. The van der Waals surface area contributed by atoms with Gasteiger partial charge in [-0.2, -0.15) is 9.97 Å². The molecule has 0 bridgehead atoms. The number of hydrogen-bond donors (Lipinski definition) is 3. The standard InChI is InChI=1S/C17H20ClFN6/c1-9(2)11(20)7-12-14(19)13-15(24-17(18)25-16(13)23-12)22-8-10-3-5-21-6-4-10/h3-6,9,11H,7-8,20H2,1-2H3,(H2,22,23,24,25). The predicted molar refractivity (Wildman–Crippen MR) is 96.9 cm³/mol. The van der Waals surface area contributed by atoms with Gasteiger partial charge in [0.15, 0.2) is 5.82 Å². The fourth-order valence-electron chi connectivity index (χ4n) is 2.51. The van der Waals surface area contributed by atoms with Crippen molar-refractivity contribution in [2.45, 2.75) is 32.9 Å². The minimum atomic E-state index is -0.389. The molecule has 6 nitrogen and oxygen atoms in total. The molecule has 3 aromatic heterocycles. The maximum atomic E-state index is 14.9. The lowest BCUT2D eigenvalue weighted by Gasteiger charge is -2.14.